The van der Waals surface area contributed by atoms with Crippen LogP contribution in [-0.2, 0) is 24.2 Å². The fourth-order valence-electron chi connectivity index (χ4n) is 4.08. The smallest absolute Gasteiger partial charge is 0.262 e. The van der Waals surface area contributed by atoms with Crippen molar-refractivity contribution in [2.75, 3.05) is 5.32 Å². The summed E-state index contributed by atoms with van der Waals surface area (Å²) in [5.41, 5.74) is 2.98. The van der Waals surface area contributed by atoms with E-state index in [-0.39, 0.29) is 18.0 Å². The Labute approximate surface area is 174 Å². The van der Waals surface area contributed by atoms with Crippen LogP contribution in [-0.4, -0.2) is 15.5 Å². The van der Waals surface area contributed by atoms with E-state index >= 15 is 0 Å². The van der Waals surface area contributed by atoms with Crippen LogP contribution < -0.4 is 10.9 Å². The normalized spacial score (nSPS) is 17.1. The van der Waals surface area contributed by atoms with Crippen molar-refractivity contribution in [1.29, 1.82) is 0 Å². The minimum atomic E-state index is -0.207. The highest BCUT2D eigenvalue weighted by molar-refractivity contribution is 7.18. The molecule has 1 amide bonds. The van der Waals surface area contributed by atoms with Gasteiger partial charge in [0.2, 0.25) is 5.91 Å². The highest BCUT2D eigenvalue weighted by Gasteiger charge is 2.23. The highest BCUT2D eigenvalue weighted by atomic mass is 32.1. The number of aryl methyl sites for hydroxylation is 1. The molecule has 29 heavy (non-hydrogen) atoms. The van der Waals surface area contributed by atoms with Gasteiger partial charge in [0.05, 0.1) is 11.7 Å². The van der Waals surface area contributed by atoms with E-state index < -0.39 is 0 Å². The van der Waals surface area contributed by atoms with Gasteiger partial charge >= 0.3 is 0 Å². The number of fused-ring (bicyclic) bond motifs is 3. The second-order valence-electron chi connectivity index (χ2n) is 8.15. The molecule has 1 N–H and O–H groups in total. The number of para-hydroxylation sites is 1. The number of carbonyl (C=O) groups is 1. The predicted molar refractivity (Wildman–Crippen MR) is 119 cm³/mol. The van der Waals surface area contributed by atoms with Gasteiger partial charge < -0.3 is 5.32 Å². The van der Waals surface area contributed by atoms with Gasteiger partial charge in [0.1, 0.15) is 11.4 Å². The maximum atomic E-state index is 13.1. The lowest BCUT2D eigenvalue weighted by atomic mass is 9.89. The lowest BCUT2D eigenvalue weighted by Crippen LogP contribution is -2.28. The van der Waals surface area contributed by atoms with Crippen molar-refractivity contribution in [1.82, 2.24) is 9.55 Å². The molecule has 4 rings (SSSR count). The number of amides is 1. The number of nitrogens with zero attached hydrogens (tertiary/aromatic N) is 2. The summed E-state index contributed by atoms with van der Waals surface area (Å²) in [4.78, 5) is 32.4. The molecule has 1 aliphatic rings. The van der Waals surface area contributed by atoms with Crippen LogP contribution in [0.15, 0.2) is 35.4 Å². The number of aromatic nitrogens is 2. The Hall–Kier alpha value is -2.47. The number of rotatable bonds is 5. The van der Waals surface area contributed by atoms with Crippen molar-refractivity contribution >= 4 is 33.1 Å². The van der Waals surface area contributed by atoms with Crippen molar-refractivity contribution in [2.24, 2.45) is 5.92 Å². The first-order chi connectivity index (χ1) is 14.0. The quantitative estimate of drug-likeness (QED) is 0.662. The molecule has 0 saturated heterocycles. The SMILES string of the molecule is CC[C@H](C)c1ccccc1NC(=O)Cn1cnc2sc3c(c2c1=O)CC[C@@H](C)C3. The first-order valence-electron chi connectivity index (χ1n) is 10.4. The molecule has 5 nitrogen and oxygen atoms in total. The van der Waals surface area contributed by atoms with Gasteiger partial charge in [0, 0.05) is 10.6 Å². The summed E-state index contributed by atoms with van der Waals surface area (Å²) >= 11 is 1.63. The third-order valence-corrected chi connectivity index (χ3v) is 7.14. The number of anilines is 1. The van der Waals surface area contributed by atoms with Crippen molar-refractivity contribution in [2.45, 2.75) is 58.9 Å². The Morgan fingerprint density at radius 2 is 2.17 bits per heavy atom. The molecule has 0 unspecified atom stereocenters. The van der Waals surface area contributed by atoms with E-state index in [2.05, 4.69) is 31.1 Å². The molecule has 1 aromatic carbocycles. The first kappa shape index (κ1) is 19.8. The number of nitrogens with one attached hydrogen (secondary N) is 1. The fourth-order valence-corrected chi connectivity index (χ4v) is 5.42. The molecule has 0 aliphatic heterocycles. The van der Waals surface area contributed by atoms with Crippen molar-refractivity contribution in [3.8, 4) is 0 Å². The van der Waals surface area contributed by atoms with E-state index in [4.69, 9.17) is 0 Å². The Balaban J connectivity index is 1.60. The van der Waals surface area contributed by atoms with Crippen LogP contribution in [0.2, 0.25) is 0 Å². The molecule has 2 atom stereocenters. The second-order valence-corrected chi connectivity index (χ2v) is 9.24. The standard InChI is InChI=1S/C23H27N3O2S/c1-4-15(3)16-7-5-6-8-18(16)25-20(27)12-26-13-24-22-21(23(26)28)17-10-9-14(2)11-19(17)29-22/h5-8,13-15H,4,9-12H2,1-3H3,(H,25,27)/t14-,15+/m1/s1. The summed E-state index contributed by atoms with van der Waals surface area (Å²) in [7, 11) is 0. The zero-order chi connectivity index (χ0) is 20.5. The Morgan fingerprint density at radius 1 is 1.38 bits per heavy atom. The third kappa shape index (κ3) is 3.86. The van der Waals surface area contributed by atoms with Crippen molar-refractivity contribution < 1.29 is 4.79 Å². The lowest BCUT2D eigenvalue weighted by molar-refractivity contribution is -0.116. The van der Waals surface area contributed by atoms with Crippen LogP contribution in [0, 0.1) is 5.92 Å². The molecule has 3 aromatic rings. The fraction of sp³-hybridized carbons (Fsp3) is 0.435. The molecule has 0 spiro atoms. The molecule has 0 radical (unpaired) electrons. The Morgan fingerprint density at radius 3 is 2.97 bits per heavy atom. The van der Waals surface area contributed by atoms with Gasteiger partial charge in [0.25, 0.3) is 5.56 Å². The minimum Gasteiger partial charge on any atom is -0.324 e. The zero-order valence-electron chi connectivity index (χ0n) is 17.2. The molecule has 0 bridgehead atoms. The van der Waals surface area contributed by atoms with Gasteiger partial charge in [-0.15, -0.1) is 11.3 Å². The molecule has 0 fully saturated rings. The molecular formula is C23H27N3O2S. The summed E-state index contributed by atoms with van der Waals surface area (Å²) in [6.07, 6.45) is 5.54. The number of benzene rings is 1. The number of thiophene rings is 1. The van der Waals surface area contributed by atoms with E-state index in [9.17, 15) is 9.59 Å². The maximum absolute atomic E-state index is 13.1. The van der Waals surface area contributed by atoms with Crippen LogP contribution in [0.3, 0.4) is 0 Å². The molecule has 1 aliphatic carbocycles. The summed E-state index contributed by atoms with van der Waals surface area (Å²) in [5, 5.41) is 3.70. The van der Waals surface area contributed by atoms with Gasteiger partial charge in [-0.05, 0) is 54.7 Å². The largest absolute Gasteiger partial charge is 0.324 e. The van der Waals surface area contributed by atoms with E-state index in [0.717, 1.165) is 47.3 Å². The molecule has 152 valence electrons. The van der Waals surface area contributed by atoms with Gasteiger partial charge in [-0.2, -0.15) is 0 Å². The van der Waals surface area contributed by atoms with E-state index in [0.29, 0.717) is 17.2 Å². The van der Waals surface area contributed by atoms with Crippen LogP contribution in [0.5, 0.6) is 0 Å². The summed E-state index contributed by atoms with van der Waals surface area (Å²) in [5.74, 6) is 0.794. The summed E-state index contributed by atoms with van der Waals surface area (Å²) in [6.45, 7) is 6.50. The lowest BCUT2D eigenvalue weighted by Gasteiger charge is -2.17. The average Bonchev–Trinajstić information content (AvgIpc) is 3.08. The summed E-state index contributed by atoms with van der Waals surface area (Å²) < 4.78 is 1.44. The van der Waals surface area contributed by atoms with Crippen LogP contribution in [0.25, 0.3) is 10.2 Å². The van der Waals surface area contributed by atoms with Gasteiger partial charge in [-0.3, -0.25) is 14.2 Å². The minimum absolute atomic E-state index is 0.0301. The number of hydrogen-bond donors (Lipinski definition) is 1. The maximum Gasteiger partial charge on any atom is 0.262 e. The van der Waals surface area contributed by atoms with E-state index in [1.54, 1.807) is 11.3 Å². The topological polar surface area (TPSA) is 64.0 Å². The zero-order valence-corrected chi connectivity index (χ0v) is 18.0. The molecule has 6 heteroatoms. The van der Waals surface area contributed by atoms with E-state index in [1.165, 1.54) is 15.8 Å². The molecule has 0 saturated carbocycles. The average molecular weight is 410 g/mol. The van der Waals surface area contributed by atoms with Crippen LogP contribution in [0.4, 0.5) is 5.69 Å². The van der Waals surface area contributed by atoms with Gasteiger partial charge in [0.15, 0.2) is 0 Å². The van der Waals surface area contributed by atoms with Crippen molar-refractivity contribution in [3.05, 3.63) is 57.0 Å². The van der Waals surface area contributed by atoms with Gasteiger partial charge in [-0.1, -0.05) is 39.0 Å². The Bertz CT molecular complexity index is 1110. The number of hydrogen-bond acceptors (Lipinski definition) is 4. The van der Waals surface area contributed by atoms with Crippen LogP contribution >= 0.6 is 11.3 Å². The highest BCUT2D eigenvalue weighted by Crippen LogP contribution is 2.35. The third-order valence-electron chi connectivity index (χ3n) is 5.97. The summed E-state index contributed by atoms with van der Waals surface area (Å²) in [6, 6.07) is 7.86. The Kier molecular flexibility index (Phi) is 5.54. The molecule has 2 heterocycles. The van der Waals surface area contributed by atoms with Gasteiger partial charge in [-0.25, -0.2) is 4.98 Å². The van der Waals surface area contributed by atoms with E-state index in [1.807, 2.05) is 24.3 Å². The monoisotopic (exact) mass is 409 g/mol. The predicted octanol–water partition coefficient (Wildman–Crippen LogP) is 4.74. The second kappa shape index (κ2) is 8.11. The van der Waals surface area contributed by atoms with Crippen molar-refractivity contribution in [3.63, 3.8) is 0 Å². The van der Waals surface area contributed by atoms with Crippen LogP contribution in [0.1, 0.15) is 55.5 Å². The first-order valence-corrected chi connectivity index (χ1v) is 11.2. The molecular weight excluding hydrogens is 382 g/mol. The number of carbonyl (C=O) groups excluding carboxylic acids is 1. The molecule has 2 aromatic heterocycles.